The number of fused-ring (bicyclic) bond motifs is 1. The maximum Gasteiger partial charge on any atom is 0.266 e. The van der Waals surface area contributed by atoms with Gasteiger partial charge in [0.2, 0.25) is 0 Å². The number of nitriles is 1. The van der Waals surface area contributed by atoms with Crippen LogP contribution in [0.2, 0.25) is 0 Å². The summed E-state index contributed by atoms with van der Waals surface area (Å²) in [5.41, 5.74) is 5.30. The number of para-hydroxylation sites is 1. The largest absolute Gasteiger partial charge is 0.366 e. The van der Waals surface area contributed by atoms with E-state index in [2.05, 4.69) is 56.1 Å². The first-order valence-corrected chi connectivity index (χ1v) is 10.2. The Kier molecular flexibility index (Phi) is 5.79. The molecule has 1 heterocycles. The Morgan fingerprint density at radius 3 is 2.69 bits per heavy atom. The second kappa shape index (κ2) is 8.13. The lowest BCUT2D eigenvalue weighted by atomic mass is 9.79. The van der Waals surface area contributed by atoms with E-state index in [4.69, 9.17) is 0 Å². The molecule has 1 atom stereocenters. The van der Waals surface area contributed by atoms with E-state index in [1.807, 2.05) is 37.3 Å². The first-order valence-electron chi connectivity index (χ1n) is 10.2. The predicted molar refractivity (Wildman–Crippen MR) is 120 cm³/mol. The van der Waals surface area contributed by atoms with Crippen molar-refractivity contribution in [2.45, 2.75) is 52.5 Å². The van der Waals surface area contributed by atoms with Crippen LogP contribution in [0.15, 0.2) is 48.0 Å². The molecular weight excluding hydrogens is 358 g/mol. The molecule has 3 rings (SSSR count). The minimum atomic E-state index is -0.385. The number of carbonyl (C=O) groups is 1. The third kappa shape index (κ3) is 4.19. The highest BCUT2D eigenvalue weighted by atomic mass is 16.1. The number of benzene rings is 2. The summed E-state index contributed by atoms with van der Waals surface area (Å²) >= 11 is 0. The zero-order chi connectivity index (χ0) is 21.2. The van der Waals surface area contributed by atoms with Crippen LogP contribution in [0.3, 0.4) is 0 Å². The number of carbonyl (C=O) groups excluding carboxylic acids is 1. The van der Waals surface area contributed by atoms with Crippen LogP contribution in [0, 0.1) is 18.3 Å². The highest BCUT2D eigenvalue weighted by Crippen LogP contribution is 2.43. The van der Waals surface area contributed by atoms with Gasteiger partial charge in [0.25, 0.3) is 5.91 Å². The van der Waals surface area contributed by atoms with Crippen molar-refractivity contribution in [1.29, 1.82) is 5.26 Å². The molecule has 0 fully saturated rings. The summed E-state index contributed by atoms with van der Waals surface area (Å²) in [5, 5.41) is 12.4. The zero-order valence-corrected chi connectivity index (χ0v) is 17.9. The molecule has 0 saturated carbocycles. The lowest BCUT2D eigenvalue weighted by Crippen LogP contribution is -2.48. The van der Waals surface area contributed by atoms with Crippen LogP contribution in [-0.4, -0.2) is 18.0 Å². The SMILES string of the molecule is CCN1c2ccc(/C=C(/C#N)C(=O)Nc3ccccc3C)cc2C(C)CC1(C)C. The maximum atomic E-state index is 12.6. The highest BCUT2D eigenvalue weighted by molar-refractivity contribution is 6.10. The van der Waals surface area contributed by atoms with Crippen LogP contribution in [-0.2, 0) is 4.79 Å². The Balaban J connectivity index is 1.91. The Labute approximate surface area is 173 Å². The summed E-state index contributed by atoms with van der Waals surface area (Å²) in [5.74, 6) is 0.0337. The summed E-state index contributed by atoms with van der Waals surface area (Å²) in [6.45, 7) is 11.9. The van der Waals surface area contributed by atoms with Crippen molar-refractivity contribution in [3.8, 4) is 6.07 Å². The van der Waals surface area contributed by atoms with Crippen LogP contribution >= 0.6 is 0 Å². The van der Waals surface area contributed by atoms with Gasteiger partial charge in [-0.25, -0.2) is 0 Å². The van der Waals surface area contributed by atoms with E-state index in [0.717, 1.165) is 29.8 Å². The van der Waals surface area contributed by atoms with Gasteiger partial charge in [-0.2, -0.15) is 5.26 Å². The van der Waals surface area contributed by atoms with Gasteiger partial charge in [0, 0.05) is 23.5 Å². The second-order valence-corrected chi connectivity index (χ2v) is 8.42. The fraction of sp³-hybridized carbons (Fsp3) is 0.360. The minimum Gasteiger partial charge on any atom is -0.366 e. The third-order valence-electron chi connectivity index (χ3n) is 5.80. The molecule has 0 bridgehead atoms. The molecule has 4 heteroatoms. The van der Waals surface area contributed by atoms with E-state index < -0.39 is 0 Å². The Morgan fingerprint density at radius 1 is 1.31 bits per heavy atom. The topological polar surface area (TPSA) is 56.1 Å². The summed E-state index contributed by atoms with van der Waals surface area (Å²) in [7, 11) is 0. The van der Waals surface area contributed by atoms with E-state index in [9.17, 15) is 10.1 Å². The van der Waals surface area contributed by atoms with E-state index in [1.165, 1.54) is 11.3 Å². The molecule has 0 radical (unpaired) electrons. The Hall–Kier alpha value is -3.06. The maximum absolute atomic E-state index is 12.6. The summed E-state index contributed by atoms with van der Waals surface area (Å²) in [6, 6.07) is 15.8. The van der Waals surface area contributed by atoms with Crippen molar-refractivity contribution in [3.05, 3.63) is 64.7 Å². The summed E-state index contributed by atoms with van der Waals surface area (Å²) in [6.07, 6.45) is 2.75. The van der Waals surface area contributed by atoms with Gasteiger partial charge >= 0.3 is 0 Å². The van der Waals surface area contributed by atoms with Crippen LogP contribution in [0.4, 0.5) is 11.4 Å². The first-order chi connectivity index (χ1) is 13.8. The molecule has 150 valence electrons. The van der Waals surface area contributed by atoms with Crippen molar-refractivity contribution < 1.29 is 4.79 Å². The lowest BCUT2D eigenvalue weighted by molar-refractivity contribution is -0.112. The number of nitrogens with zero attached hydrogens (tertiary/aromatic N) is 2. The Morgan fingerprint density at radius 2 is 2.03 bits per heavy atom. The van der Waals surface area contributed by atoms with Crippen molar-refractivity contribution in [3.63, 3.8) is 0 Å². The van der Waals surface area contributed by atoms with E-state index in [0.29, 0.717) is 5.92 Å². The molecule has 2 aromatic rings. The van der Waals surface area contributed by atoms with Gasteiger partial charge in [0.1, 0.15) is 11.6 Å². The molecule has 1 unspecified atom stereocenters. The number of nitrogens with one attached hydrogen (secondary N) is 1. The number of aryl methyl sites for hydroxylation is 1. The summed E-state index contributed by atoms with van der Waals surface area (Å²) < 4.78 is 0. The number of amides is 1. The second-order valence-electron chi connectivity index (χ2n) is 8.42. The smallest absolute Gasteiger partial charge is 0.266 e. The molecule has 0 aromatic heterocycles. The van der Waals surface area contributed by atoms with Gasteiger partial charge in [-0.3, -0.25) is 4.79 Å². The minimum absolute atomic E-state index is 0.101. The molecule has 29 heavy (non-hydrogen) atoms. The lowest BCUT2D eigenvalue weighted by Gasteiger charge is -2.47. The van der Waals surface area contributed by atoms with Crippen LogP contribution < -0.4 is 10.2 Å². The van der Waals surface area contributed by atoms with Crippen molar-refractivity contribution in [2.75, 3.05) is 16.8 Å². The number of hydrogen-bond donors (Lipinski definition) is 1. The van der Waals surface area contributed by atoms with Crippen molar-refractivity contribution >= 4 is 23.4 Å². The van der Waals surface area contributed by atoms with E-state index >= 15 is 0 Å². The molecule has 0 saturated heterocycles. The molecular formula is C25H29N3O. The van der Waals surface area contributed by atoms with Gasteiger partial charge in [-0.05, 0) is 81.0 Å². The first kappa shape index (κ1) is 20.7. The molecule has 0 spiro atoms. The zero-order valence-electron chi connectivity index (χ0n) is 17.9. The Bertz CT molecular complexity index is 997. The number of hydrogen-bond acceptors (Lipinski definition) is 3. The number of rotatable bonds is 4. The fourth-order valence-corrected chi connectivity index (χ4v) is 4.42. The monoisotopic (exact) mass is 387 g/mol. The van der Waals surface area contributed by atoms with Crippen LogP contribution in [0.1, 0.15) is 56.7 Å². The van der Waals surface area contributed by atoms with Crippen LogP contribution in [0.25, 0.3) is 6.08 Å². The quantitative estimate of drug-likeness (QED) is 0.544. The van der Waals surface area contributed by atoms with Gasteiger partial charge < -0.3 is 10.2 Å². The predicted octanol–water partition coefficient (Wildman–Crippen LogP) is 5.65. The summed E-state index contributed by atoms with van der Waals surface area (Å²) in [4.78, 5) is 15.1. The van der Waals surface area contributed by atoms with E-state index in [-0.39, 0.29) is 17.0 Å². The molecule has 1 N–H and O–H groups in total. The highest BCUT2D eigenvalue weighted by Gasteiger charge is 2.35. The molecule has 2 aromatic carbocycles. The number of anilines is 2. The average Bonchev–Trinajstić information content (AvgIpc) is 2.67. The molecule has 4 nitrogen and oxygen atoms in total. The third-order valence-corrected chi connectivity index (χ3v) is 5.80. The van der Waals surface area contributed by atoms with Gasteiger partial charge in [0.15, 0.2) is 0 Å². The molecule has 0 aliphatic carbocycles. The normalized spacial score (nSPS) is 18.0. The van der Waals surface area contributed by atoms with Gasteiger partial charge in [-0.15, -0.1) is 0 Å². The van der Waals surface area contributed by atoms with Gasteiger partial charge in [0.05, 0.1) is 0 Å². The molecule has 1 aliphatic rings. The van der Waals surface area contributed by atoms with Crippen LogP contribution in [0.5, 0.6) is 0 Å². The molecule has 1 aliphatic heterocycles. The van der Waals surface area contributed by atoms with Gasteiger partial charge in [-0.1, -0.05) is 31.2 Å². The average molecular weight is 388 g/mol. The van der Waals surface area contributed by atoms with Crippen molar-refractivity contribution in [1.82, 2.24) is 0 Å². The van der Waals surface area contributed by atoms with Crippen molar-refractivity contribution in [2.24, 2.45) is 0 Å². The fourth-order valence-electron chi connectivity index (χ4n) is 4.42. The molecule has 1 amide bonds. The standard InChI is InChI=1S/C25H29N3O/c1-6-28-23-12-11-19(14-21(23)18(3)15-25(28,4)5)13-20(16-26)24(29)27-22-10-8-7-9-17(22)2/h7-14,18H,6,15H2,1-5H3,(H,27,29)/b20-13-. The van der Waals surface area contributed by atoms with E-state index in [1.54, 1.807) is 6.08 Å².